The number of fused-ring (bicyclic) bond motifs is 8. The molecule has 230 valence electrons. The van der Waals surface area contributed by atoms with Gasteiger partial charge in [0, 0.05) is 74.9 Å². The molecule has 3 aromatic rings. The van der Waals surface area contributed by atoms with Crippen LogP contribution in [0.4, 0.5) is 0 Å². The summed E-state index contributed by atoms with van der Waals surface area (Å²) < 4.78 is 0. The van der Waals surface area contributed by atoms with Gasteiger partial charge in [0.1, 0.15) is 0 Å². The highest BCUT2D eigenvalue weighted by Gasteiger charge is 2.34. The minimum atomic E-state index is -1.20. The van der Waals surface area contributed by atoms with Gasteiger partial charge in [0.15, 0.2) is 0 Å². The number of hydrogen-bond donors (Lipinski definition) is 5. The summed E-state index contributed by atoms with van der Waals surface area (Å²) in [6.07, 6.45) is 2.20. The van der Waals surface area contributed by atoms with Crippen LogP contribution >= 0.6 is 0 Å². The highest BCUT2D eigenvalue weighted by Crippen LogP contribution is 2.43. The van der Waals surface area contributed by atoms with E-state index in [1.165, 1.54) is 0 Å². The molecule has 4 atom stereocenters. The fourth-order valence-corrected chi connectivity index (χ4v) is 6.88. The van der Waals surface area contributed by atoms with Crippen LogP contribution in [0.1, 0.15) is 119 Å². The smallest absolute Gasteiger partial charge is 0.338 e. The SMILES string of the molecule is C=Cc1c(C)c2cc3nc(c(CC(=O)O)c4[nH]c(cc5nc(cc1[nH]2)C(C)C5CC)c(C)c4C(=O)O)[C@H](CCC(=O)O)[C@H]3C. The van der Waals surface area contributed by atoms with Crippen molar-refractivity contribution in [3.8, 4) is 0 Å². The Labute approximate surface area is 254 Å². The predicted octanol–water partition coefficient (Wildman–Crippen LogP) is 6.95. The molecule has 0 saturated heterocycles. The molecule has 10 nitrogen and oxygen atoms in total. The Bertz CT molecular complexity index is 1870. The van der Waals surface area contributed by atoms with Crippen molar-refractivity contribution < 1.29 is 29.7 Å². The maximum absolute atomic E-state index is 12.7. The molecule has 0 saturated carbocycles. The van der Waals surface area contributed by atoms with E-state index in [2.05, 4.69) is 30.4 Å². The molecular formula is C34H38N4O6. The molecule has 2 aliphatic heterocycles. The van der Waals surface area contributed by atoms with Gasteiger partial charge < -0.3 is 25.3 Å². The topological polar surface area (TPSA) is 169 Å². The van der Waals surface area contributed by atoms with Crippen molar-refractivity contribution in [3.05, 3.63) is 75.4 Å². The van der Waals surface area contributed by atoms with E-state index in [0.29, 0.717) is 22.5 Å². The highest BCUT2D eigenvalue weighted by molar-refractivity contribution is 6.02. The number of aromatic carboxylic acids is 1. The average Bonchev–Trinajstić information content (AvgIpc) is 3.63. The minimum absolute atomic E-state index is 0.0305. The summed E-state index contributed by atoms with van der Waals surface area (Å²) in [5, 5.41) is 29.9. The largest absolute Gasteiger partial charge is 0.481 e. The Kier molecular flexibility index (Phi) is 8.20. The third kappa shape index (κ3) is 5.29. The van der Waals surface area contributed by atoms with Gasteiger partial charge in [0.2, 0.25) is 0 Å². The van der Waals surface area contributed by atoms with Gasteiger partial charge in [-0.2, -0.15) is 0 Å². The van der Waals surface area contributed by atoms with Crippen LogP contribution in [-0.2, 0) is 16.0 Å². The molecule has 0 amide bonds. The van der Waals surface area contributed by atoms with Crippen molar-refractivity contribution in [2.75, 3.05) is 0 Å². The van der Waals surface area contributed by atoms with Crippen LogP contribution in [0.2, 0.25) is 0 Å². The summed E-state index contributed by atoms with van der Waals surface area (Å²) in [4.78, 5) is 53.3. The van der Waals surface area contributed by atoms with Crippen molar-refractivity contribution >= 4 is 46.1 Å². The zero-order valence-corrected chi connectivity index (χ0v) is 25.6. The molecule has 0 radical (unpaired) electrons. The molecule has 3 aromatic heterocycles. The van der Waals surface area contributed by atoms with Crippen molar-refractivity contribution in [1.29, 1.82) is 0 Å². The number of aromatic nitrogens is 4. The second-order valence-electron chi connectivity index (χ2n) is 11.9. The number of aromatic amines is 2. The summed E-state index contributed by atoms with van der Waals surface area (Å²) in [5.41, 5.74) is 7.68. The first-order valence-corrected chi connectivity index (χ1v) is 14.9. The van der Waals surface area contributed by atoms with Crippen LogP contribution in [0.15, 0.2) is 24.8 Å². The van der Waals surface area contributed by atoms with Crippen LogP contribution in [-0.4, -0.2) is 53.2 Å². The number of nitrogens with zero attached hydrogens (tertiary/aromatic N) is 2. The number of nitrogens with one attached hydrogen (secondary N) is 2. The van der Waals surface area contributed by atoms with Crippen LogP contribution in [0.25, 0.3) is 28.1 Å². The quantitative estimate of drug-likeness (QED) is 0.185. The van der Waals surface area contributed by atoms with Crippen molar-refractivity contribution in [1.82, 2.24) is 19.9 Å². The fourth-order valence-electron chi connectivity index (χ4n) is 6.88. The second-order valence-corrected chi connectivity index (χ2v) is 11.9. The Morgan fingerprint density at radius 1 is 0.864 bits per heavy atom. The molecule has 0 aliphatic carbocycles. The number of rotatable bonds is 8. The lowest BCUT2D eigenvalue weighted by atomic mass is 9.85. The van der Waals surface area contributed by atoms with Gasteiger partial charge in [-0.05, 0) is 56.0 Å². The molecule has 2 unspecified atom stereocenters. The van der Waals surface area contributed by atoms with E-state index in [0.717, 1.165) is 40.0 Å². The van der Waals surface area contributed by atoms with E-state index in [1.807, 2.05) is 32.0 Å². The van der Waals surface area contributed by atoms with Crippen molar-refractivity contribution in [2.24, 2.45) is 0 Å². The van der Waals surface area contributed by atoms with Crippen LogP contribution in [0.3, 0.4) is 0 Å². The number of carboxylic acid groups (broad SMARTS) is 3. The lowest BCUT2D eigenvalue weighted by molar-refractivity contribution is -0.138. The van der Waals surface area contributed by atoms with E-state index in [9.17, 15) is 29.7 Å². The Hall–Kier alpha value is -4.73. The summed E-state index contributed by atoms with van der Waals surface area (Å²) >= 11 is 0. The third-order valence-electron chi connectivity index (χ3n) is 9.38. The number of aryl methyl sites for hydroxylation is 2. The van der Waals surface area contributed by atoms with E-state index < -0.39 is 30.2 Å². The maximum atomic E-state index is 12.7. The molecule has 2 aliphatic rings. The molecule has 44 heavy (non-hydrogen) atoms. The van der Waals surface area contributed by atoms with Crippen molar-refractivity contribution in [3.63, 3.8) is 0 Å². The van der Waals surface area contributed by atoms with Gasteiger partial charge in [-0.3, -0.25) is 19.6 Å². The van der Waals surface area contributed by atoms with Gasteiger partial charge in [-0.25, -0.2) is 4.79 Å². The molecule has 5 rings (SSSR count). The van der Waals surface area contributed by atoms with Crippen molar-refractivity contribution in [2.45, 2.75) is 84.0 Å². The minimum Gasteiger partial charge on any atom is -0.481 e. The van der Waals surface area contributed by atoms with E-state index in [1.54, 1.807) is 13.0 Å². The standard InChI is InChI=1S/C34H38N4O6/c1-7-19-15(3)23-12-25-17(5)21(9-10-29(39)40)32(37-25)22(11-30(41)42)33-31(34(43)44)18(6)26(38-33)14-28-20(8-2)16(4)24(36-28)13-27(19)35-23/h7,12-14,16-17,20-21,35,38H,1,8-11H2,2-6H3,(H,39,40)(H,41,42)(H,43,44)/t16?,17-,20?,21-/m1/s1. The number of hydrogen-bond acceptors (Lipinski definition) is 5. The first-order valence-electron chi connectivity index (χ1n) is 14.9. The van der Waals surface area contributed by atoms with Gasteiger partial charge in [-0.1, -0.05) is 33.4 Å². The lowest BCUT2D eigenvalue weighted by Gasteiger charge is -2.17. The van der Waals surface area contributed by atoms with E-state index in [-0.39, 0.29) is 47.2 Å². The number of carboxylic acids is 3. The summed E-state index contributed by atoms with van der Waals surface area (Å²) in [5.74, 6) is -3.84. The van der Waals surface area contributed by atoms with E-state index >= 15 is 0 Å². The Balaban J connectivity index is 2.02. The van der Waals surface area contributed by atoms with Crippen LogP contribution < -0.4 is 0 Å². The second kappa shape index (κ2) is 11.7. The molecule has 0 aromatic carbocycles. The molecule has 5 N–H and O–H groups in total. The first-order chi connectivity index (χ1) is 20.9. The van der Waals surface area contributed by atoms with E-state index in [4.69, 9.17) is 9.97 Å². The molecular weight excluding hydrogens is 560 g/mol. The lowest BCUT2D eigenvalue weighted by Crippen LogP contribution is -2.11. The molecule has 0 fully saturated rings. The zero-order chi connectivity index (χ0) is 32.0. The number of aliphatic carboxylic acids is 2. The number of carbonyl (C=O) groups is 3. The maximum Gasteiger partial charge on any atom is 0.338 e. The van der Waals surface area contributed by atoms with Gasteiger partial charge in [0.05, 0.1) is 23.2 Å². The van der Waals surface area contributed by atoms with Crippen LogP contribution in [0, 0.1) is 13.8 Å². The molecule has 8 bridgehead atoms. The first kappa shape index (κ1) is 30.7. The zero-order valence-electron chi connectivity index (χ0n) is 25.6. The third-order valence-corrected chi connectivity index (χ3v) is 9.38. The predicted molar refractivity (Wildman–Crippen MR) is 168 cm³/mol. The van der Waals surface area contributed by atoms with Crippen LogP contribution in [0.5, 0.6) is 0 Å². The summed E-state index contributed by atoms with van der Waals surface area (Å²) in [7, 11) is 0. The van der Waals surface area contributed by atoms with Gasteiger partial charge in [-0.15, -0.1) is 0 Å². The number of H-pyrrole nitrogens is 2. The Morgan fingerprint density at radius 2 is 1.48 bits per heavy atom. The summed E-state index contributed by atoms with van der Waals surface area (Å²) in [6.45, 7) is 13.9. The normalized spacial score (nSPS) is 19.6. The van der Waals surface area contributed by atoms with Gasteiger partial charge in [0.25, 0.3) is 0 Å². The Morgan fingerprint density at radius 3 is 2.09 bits per heavy atom. The van der Waals surface area contributed by atoms with Gasteiger partial charge >= 0.3 is 17.9 Å². The monoisotopic (exact) mass is 598 g/mol. The summed E-state index contributed by atoms with van der Waals surface area (Å²) in [6, 6.07) is 5.83. The fraction of sp³-hybridized carbons (Fsp3) is 0.382. The molecule has 0 spiro atoms. The molecule has 10 heteroatoms. The average molecular weight is 599 g/mol. The highest BCUT2D eigenvalue weighted by atomic mass is 16.4. The molecule has 5 heterocycles.